The Morgan fingerprint density at radius 3 is 2.27 bits per heavy atom. The van der Waals surface area contributed by atoms with Crippen molar-refractivity contribution in [2.45, 2.75) is 40.0 Å². The molecule has 2 heteroatoms. The number of rotatable bonds is 5. The zero-order valence-corrected chi connectivity index (χ0v) is 7.52. The molecule has 0 amide bonds. The molecule has 0 aromatic heterocycles. The summed E-state index contributed by atoms with van der Waals surface area (Å²) in [6.45, 7) is 5.42. The summed E-state index contributed by atoms with van der Waals surface area (Å²) in [7, 11) is 0. The molecule has 0 saturated carbocycles. The Morgan fingerprint density at radius 2 is 1.91 bits per heavy atom. The zero-order chi connectivity index (χ0) is 8.85. The quantitative estimate of drug-likeness (QED) is 0.570. The van der Waals surface area contributed by atoms with E-state index in [1.165, 1.54) is 6.92 Å². The lowest BCUT2D eigenvalue weighted by Gasteiger charge is -2.05. The third kappa shape index (κ3) is 4.71. The minimum absolute atomic E-state index is 0.231. The molecule has 64 valence electrons. The Balaban J connectivity index is 3.66. The van der Waals surface area contributed by atoms with E-state index in [0.717, 1.165) is 12.8 Å². The Hall–Kier alpha value is -0.660. The average molecular weight is 156 g/mol. The first-order valence-electron chi connectivity index (χ1n) is 4.11. The molecule has 0 bridgehead atoms. The second-order valence-corrected chi connectivity index (χ2v) is 3.08. The first-order valence-corrected chi connectivity index (χ1v) is 4.11. The molecule has 0 saturated heterocycles. The molecule has 2 nitrogen and oxygen atoms in total. The maximum absolute atomic E-state index is 10.9. The molecule has 11 heavy (non-hydrogen) atoms. The predicted octanol–water partition coefficient (Wildman–Crippen LogP) is 1.97. The van der Waals surface area contributed by atoms with Crippen LogP contribution in [0.2, 0.25) is 0 Å². The van der Waals surface area contributed by atoms with Gasteiger partial charge in [0, 0.05) is 13.3 Å². The van der Waals surface area contributed by atoms with E-state index in [9.17, 15) is 9.59 Å². The molecule has 0 heterocycles. The van der Waals surface area contributed by atoms with Gasteiger partial charge in [0.25, 0.3) is 0 Å². The molecule has 0 rings (SSSR count). The van der Waals surface area contributed by atoms with Crippen molar-refractivity contribution in [3.05, 3.63) is 0 Å². The second kappa shape index (κ2) is 5.05. The molecule has 0 aliphatic heterocycles. The lowest BCUT2D eigenvalue weighted by Crippen LogP contribution is -2.13. The fraction of sp³-hybridized carbons (Fsp3) is 0.778. The fourth-order valence-electron chi connectivity index (χ4n) is 1.06. The van der Waals surface area contributed by atoms with E-state index in [0.29, 0.717) is 12.3 Å². The van der Waals surface area contributed by atoms with Gasteiger partial charge in [0.15, 0.2) is 11.6 Å². The molecule has 0 aromatic rings. The number of ketones is 2. The van der Waals surface area contributed by atoms with Gasteiger partial charge in [-0.2, -0.15) is 0 Å². The highest BCUT2D eigenvalue weighted by Gasteiger charge is 2.11. The van der Waals surface area contributed by atoms with E-state index in [1.807, 2.05) is 6.92 Å². The summed E-state index contributed by atoms with van der Waals surface area (Å²) in [6, 6.07) is 0. The smallest absolute Gasteiger partial charge is 0.198 e. The molecule has 0 spiro atoms. The molecule has 1 unspecified atom stereocenters. The highest BCUT2D eigenvalue weighted by atomic mass is 16.2. The van der Waals surface area contributed by atoms with Crippen molar-refractivity contribution < 1.29 is 9.59 Å². The van der Waals surface area contributed by atoms with Crippen LogP contribution in [0.1, 0.15) is 40.0 Å². The summed E-state index contributed by atoms with van der Waals surface area (Å²) in [4.78, 5) is 21.4. The van der Waals surface area contributed by atoms with Crippen LogP contribution in [0.4, 0.5) is 0 Å². The van der Waals surface area contributed by atoms with E-state index >= 15 is 0 Å². The topological polar surface area (TPSA) is 34.1 Å². The molecule has 0 fully saturated rings. The van der Waals surface area contributed by atoms with Crippen LogP contribution in [-0.4, -0.2) is 11.6 Å². The van der Waals surface area contributed by atoms with Crippen molar-refractivity contribution in [3.8, 4) is 0 Å². The van der Waals surface area contributed by atoms with Gasteiger partial charge in [-0.3, -0.25) is 9.59 Å². The summed E-state index contributed by atoms with van der Waals surface area (Å²) < 4.78 is 0. The minimum atomic E-state index is -0.312. The third-order valence-electron chi connectivity index (χ3n) is 1.71. The van der Waals surface area contributed by atoms with Gasteiger partial charge in [-0.1, -0.05) is 26.7 Å². The first-order chi connectivity index (χ1) is 5.07. The first kappa shape index (κ1) is 10.3. The van der Waals surface area contributed by atoms with Gasteiger partial charge < -0.3 is 0 Å². The van der Waals surface area contributed by atoms with Crippen molar-refractivity contribution >= 4 is 11.6 Å². The molecule has 0 aromatic carbocycles. The molecule has 0 aliphatic rings. The standard InChI is InChI=1S/C9H16O2/c1-4-5-7(2)6-9(11)8(3)10/h7H,4-6H2,1-3H3. The maximum atomic E-state index is 10.9. The summed E-state index contributed by atoms with van der Waals surface area (Å²) in [5, 5.41) is 0. The van der Waals surface area contributed by atoms with Gasteiger partial charge in [0.05, 0.1) is 0 Å². The van der Waals surface area contributed by atoms with Crippen LogP contribution < -0.4 is 0 Å². The van der Waals surface area contributed by atoms with Gasteiger partial charge in [0.2, 0.25) is 0 Å². The Kier molecular flexibility index (Phi) is 4.75. The third-order valence-corrected chi connectivity index (χ3v) is 1.71. The van der Waals surface area contributed by atoms with Crippen molar-refractivity contribution in [3.63, 3.8) is 0 Å². The van der Waals surface area contributed by atoms with E-state index in [-0.39, 0.29) is 11.6 Å². The minimum Gasteiger partial charge on any atom is -0.291 e. The molecule has 0 N–H and O–H groups in total. The van der Waals surface area contributed by atoms with E-state index in [2.05, 4.69) is 6.92 Å². The van der Waals surface area contributed by atoms with Crippen LogP contribution >= 0.6 is 0 Å². The van der Waals surface area contributed by atoms with Crippen LogP contribution in [0.15, 0.2) is 0 Å². The van der Waals surface area contributed by atoms with Gasteiger partial charge in [-0.05, 0) is 5.92 Å². The van der Waals surface area contributed by atoms with Crippen LogP contribution in [0.25, 0.3) is 0 Å². The number of carbonyl (C=O) groups excluding carboxylic acids is 2. The molecular formula is C9H16O2. The van der Waals surface area contributed by atoms with Gasteiger partial charge in [-0.15, -0.1) is 0 Å². The highest BCUT2D eigenvalue weighted by molar-refractivity contribution is 6.36. The average Bonchev–Trinajstić information content (AvgIpc) is 1.87. The second-order valence-electron chi connectivity index (χ2n) is 3.08. The van der Waals surface area contributed by atoms with Crippen molar-refractivity contribution in [1.82, 2.24) is 0 Å². The van der Waals surface area contributed by atoms with Crippen LogP contribution in [0, 0.1) is 5.92 Å². The molecule has 0 radical (unpaired) electrons. The summed E-state index contributed by atoms with van der Waals surface area (Å²) in [5.41, 5.74) is 0. The van der Waals surface area contributed by atoms with E-state index < -0.39 is 0 Å². The van der Waals surface area contributed by atoms with Crippen molar-refractivity contribution in [2.24, 2.45) is 5.92 Å². The lowest BCUT2D eigenvalue weighted by atomic mass is 9.98. The van der Waals surface area contributed by atoms with Crippen molar-refractivity contribution in [1.29, 1.82) is 0 Å². The molecule has 1 atom stereocenters. The Labute approximate surface area is 68.0 Å². The summed E-state index contributed by atoms with van der Waals surface area (Å²) >= 11 is 0. The normalized spacial score (nSPS) is 12.6. The van der Waals surface area contributed by atoms with Crippen molar-refractivity contribution in [2.75, 3.05) is 0 Å². The monoisotopic (exact) mass is 156 g/mol. The highest BCUT2D eigenvalue weighted by Crippen LogP contribution is 2.09. The lowest BCUT2D eigenvalue weighted by molar-refractivity contribution is -0.135. The fourth-order valence-corrected chi connectivity index (χ4v) is 1.06. The van der Waals surface area contributed by atoms with Gasteiger partial charge in [-0.25, -0.2) is 0 Å². The molecule has 0 aliphatic carbocycles. The van der Waals surface area contributed by atoms with Gasteiger partial charge in [0.1, 0.15) is 0 Å². The Morgan fingerprint density at radius 1 is 1.36 bits per heavy atom. The van der Waals surface area contributed by atoms with Crippen LogP contribution in [0.5, 0.6) is 0 Å². The number of carbonyl (C=O) groups is 2. The number of Topliss-reactive ketones (excluding diaryl/α,β-unsaturated/α-hetero) is 2. The largest absolute Gasteiger partial charge is 0.291 e. The SMILES string of the molecule is CCCC(C)CC(=O)C(C)=O. The molecular weight excluding hydrogens is 140 g/mol. The maximum Gasteiger partial charge on any atom is 0.198 e. The van der Waals surface area contributed by atoms with Crippen LogP contribution in [0.3, 0.4) is 0 Å². The number of hydrogen-bond donors (Lipinski definition) is 0. The van der Waals surface area contributed by atoms with Gasteiger partial charge >= 0.3 is 0 Å². The summed E-state index contributed by atoms with van der Waals surface area (Å²) in [6.07, 6.45) is 2.52. The Bertz CT molecular complexity index is 150. The van der Waals surface area contributed by atoms with E-state index in [1.54, 1.807) is 0 Å². The summed E-state index contributed by atoms with van der Waals surface area (Å²) in [5.74, 6) is -0.185. The number of hydrogen-bond acceptors (Lipinski definition) is 2. The zero-order valence-electron chi connectivity index (χ0n) is 7.52. The van der Waals surface area contributed by atoms with E-state index in [4.69, 9.17) is 0 Å². The predicted molar refractivity (Wildman–Crippen MR) is 44.4 cm³/mol. The van der Waals surface area contributed by atoms with Crippen LogP contribution in [-0.2, 0) is 9.59 Å².